The number of aromatic nitrogens is 2. The highest BCUT2D eigenvalue weighted by molar-refractivity contribution is 5.10. The van der Waals surface area contributed by atoms with Crippen LogP contribution in [0, 0.1) is 5.41 Å². The van der Waals surface area contributed by atoms with E-state index < -0.39 is 0 Å². The Hall–Kier alpha value is -0.830. The van der Waals surface area contributed by atoms with E-state index in [9.17, 15) is 0 Å². The van der Waals surface area contributed by atoms with Gasteiger partial charge in [-0.25, -0.2) is 0 Å². The molecule has 0 saturated carbocycles. The van der Waals surface area contributed by atoms with Crippen LogP contribution < -0.4 is 5.32 Å². The lowest BCUT2D eigenvalue weighted by molar-refractivity contribution is 0.236. The van der Waals surface area contributed by atoms with Gasteiger partial charge in [0.1, 0.15) is 0 Å². The van der Waals surface area contributed by atoms with E-state index in [2.05, 4.69) is 57.6 Å². The molecule has 3 heteroatoms. The first-order valence-electron chi connectivity index (χ1n) is 7.21. The molecule has 0 spiro atoms. The average Bonchev–Trinajstić information content (AvgIpc) is 2.69. The molecular formula is C15H29N3. The Balaban J connectivity index is 2.89. The Bertz CT molecular complexity index is 360. The fraction of sp³-hybridized carbons (Fsp3) is 0.800. The molecule has 3 nitrogen and oxygen atoms in total. The molecule has 104 valence electrons. The molecule has 0 bridgehead atoms. The summed E-state index contributed by atoms with van der Waals surface area (Å²) in [6, 6.07) is 2.70. The van der Waals surface area contributed by atoms with Crippen LogP contribution in [0.1, 0.15) is 52.9 Å². The highest BCUT2D eigenvalue weighted by Crippen LogP contribution is 2.21. The van der Waals surface area contributed by atoms with Crippen LogP contribution in [0.3, 0.4) is 0 Å². The predicted molar refractivity (Wildman–Crippen MR) is 77.9 cm³/mol. The van der Waals surface area contributed by atoms with Gasteiger partial charge in [-0.1, -0.05) is 41.5 Å². The number of hydrogen-bond donors (Lipinski definition) is 1. The molecule has 0 aliphatic heterocycles. The zero-order valence-corrected chi connectivity index (χ0v) is 12.9. The minimum absolute atomic E-state index is 0.249. The predicted octanol–water partition coefficient (Wildman–Crippen LogP) is 3.03. The summed E-state index contributed by atoms with van der Waals surface area (Å²) in [6.45, 7) is 15.4. The molecule has 0 radical (unpaired) electrons. The minimum atomic E-state index is 0.249. The molecular weight excluding hydrogens is 222 g/mol. The fourth-order valence-corrected chi connectivity index (χ4v) is 2.19. The Kier molecular flexibility index (Phi) is 5.39. The second-order valence-electron chi connectivity index (χ2n) is 5.99. The van der Waals surface area contributed by atoms with Gasteiger partial charge in [0.2, 0.25) is 0 Å². The van der Waals surface area contributed by atoms with Gasteiger partial charge in [-0.05, 0) is 30.9 Å². The molecule has 0 amide bonds. The Morgan fingerprint density at radius 3 is 2.33 bits per heavy atom. The highest BCUT2D eigenvalue weighted by Gasteiger charge is 2.25. The smallest absolute Gasteiger partial charge is 0.0624 e. The quantitative estimate of drug-likeness (QED) is 0.842. The number of rotatable bonds is 6. The van der Waals surface area contributed by atoms with Crippen LogP contribution in [0.2, 0.25) is 0 Å². The van der Waals surface area contributed by atoms with Gasteiger partial charge in [0.15, 0.2) is 0 Å². The molecule has 0 aliphatic rings. The van der Waals surface area contributed by atoms with Gasteiger partial charge in [-0.3, -0.25) is 4.68 Å². The van der Waals surface area contributed by atoms with Crippen molar-refractivity contribution in [1.82, 2.24) is 15.1 Å². The molecule has 1 unspecified atom stereocenters. The molecule has 1 aromatic heterocycles. The zero-order valence-electron chi connectivity index (χ0n) is 12.9. The molecule has 18 heavy (non-hydrogen) atoms. The van der Waals surface area contributed by atoms with Crippen LogP contribution >= 0.6 is 0 Å². The fourth-order valence-electron chi connectivity index (χ4n) is 2.19. The van der Waals surface area contributed by atoms with E-state index in [4.69, 9.17) is 5.10 Å². The van der Waals surface area contributed by atoms with Gasteiger partial charge in [-0.15, -0.1) is 0 Å². The van der Waals surface area contributed by atoms with Crippen LogP contribution in [-0.2, 0) is 19.4 Å². The van der Waals surface area contributed by atoms with Crippen molar-refractivity contribution in [3.05, 3.63) is 17.5 Å². The summed E-state index contributed by atoms with van der Waals surface area (Å²) in [5.74, 6) is 0. The van der Waals surface area contributed by atoms with Crippen molar-refractivity contribution in [3.8, 4) is 0 Å². The molecule has 0 fully saturated rings. The summed E-state index contributed by atoms with van der Waals surface area (Å²) in [6.07, 6.45) is 2.07. The molecule has 1 rings (SSSR count). The standard InChI is InChI=1S/C15H29N3/c1-7-12-10-13(8-2)18(17-12)11-14(16-9-3)15(4,5)6/h10,14,16H,7-9,11H2,1-6H3. The van der Waals surface area contributed by atoms with Crippen LogP contribution in [0.5, 0.6) is 0 Å². The number of likely N-dealkylation sites (N-methyl/N-ethyl adjacent to an activating group) is 1. The first-order valence-corrected chi connectivity index (χ1v) is 7.21. The maximum absolute atomic E-state index is 4.71. The van der Waals surface area contributed by atoms with Crippen LogP contribution in [0.4, 0.5) is 0 Å². The van der Waals surface area contributed by atoms with E-state index >= 15 is 0 Å². The summed E-state index contributed by atoms with van der Waals surface area (Å²) in [7, 11) is 0. The van der Waals surface area contributed by atoms with Gasteiger partial charge >= 0.3 is 0 Å². The molecule has 0 saturated heterocycles. The van der Waals surface area contributed by atoms with Gasteiger partial charge in [-0.2, -0.15) is 5.10 Å². The zero-order chi connectivity index (χ0) is 13.8. The lowest BCUT2D eigenvalue weighted by Crippen LogP contribution is -2.43. The monoisotopic (exact) mass is 251 g/mol. The minimum Gasteiger partial charge on any atom is -0.312 e. The Morgan fingerprint density at radius 1 is 1.22 bits per heavy atom. The molecule has 0 aliphatic carbocycles. The van der Waals surface area contributed by atoms with Crippen molar-refractivity contribution in [2.24, 2.45) is 5.41 Å². The average molecular weight is 251 g/mol. The third-order valence-corrected chi connectivity index (χ3v) is 3.49. The molecule has 0 aromatic carbocycles. The van der Waals surface area contributed by atoms with E-state index in [1.807, 2.05) is 0 Å². The summed E-state index contributed by atoms with van der Waals surface area (Å²) in [5, 5.41) is 8.30. The lowest BCUT2D eigenvalue weighted by Gasteiger charge is -2.31. The highest BCUT2D eigenvalue weighted by atomic mass is 15.3. The third-order valence-electron chi connectivity index (χ3n) is 3.49. The van der Waals surface area contributed by atoms with E-state index in [1.165, 1.54) is 11.4 Å². The third kappa shape index (κ3) is 3.84. The number of aryl methyl sites for hydroxylation is 2. The summed E-state index contributed by atoms with van der Waals surface area (Å²) in [5.41, 5.74) is 2.80. The van der Waals surface area contributed by atoms with E-state index in [0.717, 1.165) is 25.9 Å². The Morgan fingerprint density at radius 2 is 1.89 bits per heavy atom. The van der Waals surface area contributed by atoms with Gasteiger partial charge in [0.25, 0.3) is 0 Å². The molecule has 1 heterocycles. The number of nitrogens with zero attached hydrogens (tertiary/aromatic N) is 2. The van der Waals surface area contributed by atoms with Gasteiger partial charge in [0, 0.05) is 11.7 Å². The summed E-state index contributed by atoms with van der Waals surface area (Å²) < 4.78 is 2.19. The largest absolute Gasteiger partial charge is 0.312 e. The first kappa shape index (κ1) is 15.2. The van der Waals surface area contributed by atoms with Crippen molar-refractivity contribution >= 4 is 0 Å². The van der Waals surface area contributed by atoms with E-state index in [0.29, 0.717) is 6.04 Å². The Labute approximate surface area is 112 Å². The van der Waals surface area contributed by atoms with E-state index in [-0.39, 0.29) is 5.41 Å². The second kappa shape index (κ2) is 6.37. The van der Waals surface area contributed by atoms with Gasteiger partial charge in [0.05, 0.1) is 12.2 Å². The van der Waals surface area contributed by atoms with Crippen molar-refractivity contribution in [1.29, 1.82) is 0 Å². The molecule has 1 aromatic rings. The first-order chi connectivity index (χ1) is 8.42. The lowest BCUT2D eigenvalue weighted by atomic mass is 9.86. The summed E-state index contributed by atoms with van der Waals surface area (Å²) in [4.78, 5) is 0. The molecule has 1 N–H and O–H groups in total. The van der Waals surface area contributed by atoms with Crippen molar-refractivity contribution in [3.63, 3.8) is 0 Å². The van der Waals surface area contributed by atoms with Crippen LogP contribution in [0.15, 0.2) is 6.07 Å². The SMILES string of the molecule is CCNC(Cn1nc(CC)cc1CC)C(C)(C)C. The maximum Gasteiger partial charge on any atom is 0.0624 e. The van der Waals surface area contributed by atoms with E-state index in [1.54, 1.807) is 0 Å². The second-order valence-corrected chi connectivity index (χ2v) is 5.99. The number of hydrogen-bond acceptors (Lipinski definition) is 2. The maximum atomic E-state index is 4.71. The van der Waals surface area contributed by atoms with Crippen LogP contribution in [0.25, 0.3) is 0 Å². The van der Waals surface area contributed by atoms with Crippen molar-refractivity contribution in [2.45, 2.75) is 67.0 Å². The van der Waals surface area contributed by atoms with Crippen molar-refractivity contribution in [2.75, 3.05) is 6.54 Å². The number of nitrogens with one attached hydrogen (secondary N) is 1. The van der Waals surface area contributed by atoms with Crippen molar-refractivity contribution < 1.29 is 0 Å². The topological polar surface area (TPSA) is 29.9 Å². The van der Waals surface area contributed by atoms with Crippen LogP contribution in [-0.4, -0.2) is 22.4 Å². The molecule has 1 atom stereocenters. The normalized spacial score (nSPS) is 13.9. The summed E-state index contributed by atoms with van der Waals surface area (Å²) >= 11 is 0. The van der Waals surface area contributed by atoms with Gasteiger partial charge < -0.3 is 5.32 Å².